The smallest absolute Gasteiger partial charge is 0.195 e. The average molecular weight is 293 g/mol. The van der Waals surface area contributed by atoms with Gasteiger partial charge in [0.15, 0.2) is 10.8 Å². The maximum absolute atomic E-state index is 4.87. The van der Waals surface area contributed by atoms with Gasteiger partial charge in [-0.1, -0.05) is 6.92 Å². The van der Waals surface area contributed by atoms with Crippen LogP contribution in [-0.4, -0.2) is 53.6 Å². The Labute approximate surface area is 124 Å². The van der Waals surface area contributed by atoms with Gasteiger partial charge in [-0.25, -0.2) is 4.98 Å². The van der Waals surface area contributed by atoms with Gasteiger partial charge in [-0.2, -0.15) is 0 Å². The third-order valence-electron chi connectivity index (χ3n) is 3.98. The maximum Gasteiger partial charge on any atom is 0.195 e. The third kappa shape index (κ3) is 2.43. The summed E-state index contributed by atoms with van der Waals surface area (Å²) in [7, 11) is 2.19. The normalized spacial score (nSPS) is 20.9. The molecule has 0 saturated carbocycles. The number of likely N-dealkylation sites (N-methyl/N-ethyl adjacent to an activating group) is 1. The molecular formula is C14H23N5S. The van der Waals surface area contributed by atoms with E-state index in [1.807, 2.05) is 0 Å². The second kappa shape index (κ2) is 5.71. The summed E-state index contributed by atoms with van der Waals surface area (Å²) in [6.07, 6.45) is 2.13. The fourth-order valence-corrected chi connectivity index (χ4v) is 3.64. The zero-order valence-electron chi connectivity index (χ0n) is 12.5. The molecule has 20 heavy (non-hydrogen) atoms. The Bertz CT molecular complexity index is 575. The van der Waals surface area contributed by atoms with Gasteiger partial charge in [0.2, 0.25) is 0 Å². The highest BCUT2D eigenvalue weighted by Gasteiger charge is 2.26. The van der Waals surface area contributed by atoms with Crippen LogP contribution in [0.25, 0.3) is 4.96 Å². The molecule has 3 rings (SSSR count). The van der Waals surface area contributed by atoms with E-state index in [1.165, 1.54) is 11.5 Å². The van der Waals surface area contributed by atoms with Crippen LogP contribution in [0.4, 0.5) is 5.82 Å². The molecule has 110 valence electrons. The molecule has 1 atom stereocenters. The molecule has 1 aliphatic heterocycles. The highest BCUT2D eigenvalue weighted by Crippen LogP contribution is 2.27. The lowest BCUT2D eigenvalue weighted by molar-refractivity contribution is 0.274. The van der Waals surface area contributed by atoms with Gasteiger partial charge in [0.05, 0.1) is 5.69 Å². The van der Waals surface area contributed by atoms with Crippen molar-refractivity contribution in [3.63, 3.8) is 0 Å². The van der Waals surface area contributed by atoms with Gasteiger partial charge in [0.25, 0.3) is 0 Å². The van der Waals surface area contributed by atoms with Gasteiger partial charge < -0.3 is 15.1 Å². The molecule has 3 heterocycles. The lowest BCUT2D eigenvalue weighted by atomic mass is 10.2. The molecule has 0 amide bonds. The van der Waals surface area contributed by atoms with Gasteiger partial charge >= 0.3 is 0 Å². The number of hydrogen-bond donors (Lipinski definition) is 1. The minimum atomic E-state index is 0.513. The molecule has 1 fully saturated rings. The lowest BCUT2D eigenvalue weighted by Gasteiger charge is -2.39. The van der Waals surface area contributed by atoms with Crippen molar-refractivity contribution < 1.29 is 0 Å². The topological polar surface area (TPSA) is 35.8 Å². The van der Waals surface area contributed by atoms with Crippen LogP contribution in [0.15, 0.2) is 11.6 Å². The quantitative estimate of drug-likeness (QED) is 0.930. The van der Waals surface area contributed by atoms with E-state index in [0.29, 0.717) is 6.04 Å². The summed E-state index contributed by atoms with van der Waals surface area (Å²) in [5.74, 6) is 1.17. The zero-order chi connectivity index (χ0) is 14.1. The summed E-state index contributed by atoms with van der Waals surface area (Å²) >= 11 is 1.71. The average Bonchev–Trinajstić information content (AvgIpc) is 2.97. The summed E-state index contributed by atoms with van der Waals surface area (Å²) in [5.41, 5.74) is 1.29. The van der Waals surface area contributed by atoms with Crippen LogP contribution in [0.5, 0.6) is 0 Å². The first-order valence-corrected chi connectivity index (χ1v) is 8.19. The molecule has 0 aliphatic carbocycles. The van der Waals surface area contributed by atoms with Crippen molar-refractivity contribution in [1.82, 2.24) is 19.6 Å². The van der Waals surface area contributed by atoms with Gasteiger partial charge in [0, 0.05) is 43.8 Å². The standard InChI is InChI=1S/C14H23N5S/c1-4-15-9-12-13(16-14-19(12)7-8-20-14)18-6-5-17(3)10-11(18)2/h7-8,11,15H,4-6,9-10H2,1-3H3. The summed E-state index contributed by atoms with van der Waals surface area (Å²) in [4.78, 5) is 10.8. The Hall–Kier alpha value is -1.11. The van der Waals surface area contributed by atoms with Gasteiger partial charge in [0.1, 0.15) is 0 Å². The fourth-order valence-electron chi connectivity index (χ4n) is 2.91. The molecule has 0 bridgehead atoms. The highest BCUT2D eigenvalue weighted by atomic mass is 32.1. The number of aromatic nitrogens is 2. The van der Waals surface area contributed by atoms with E-state index in [1.54, 1.807) is 11.3 Å². The minimum absolute atomic E-state index is 0.513. The first-order chi connectivity index (χ1) is 9.70. The third-order valence-corrected chi connectivity index (χ3v) is 4.74. The van der Waals surface area contributed by atoms with E-state index in [2.05, 4.69) is 52.0 Å². The number of anilines is 1. The van der Waals surface area contributed by atoms with Crippen LogP contribution in [0, 0.1) is 0 Å². The van der Waals surface area contributed by atoms with E-state index in [9.17, 15) is 0 Å². The number of rotatable bonds is 4. The first kappa shape index (κ1) is 13.9. The van der Waals surface area contributed by atoms with Crippen LogP contribution in [0.1, 0.15) is 19.5 Å². The largest absolute Gasteiger partial charge is 0.350 e. The van der Waals surface area contributed by atoms with Crippen LogP contribution >= 0.6 is 11.3 Å². The number of hydrogen-bond acceptors (Lipinski definition) is 5. The van der Waals surface area contributed by atoms with Crippen molar-refractivity contribution in [3.8, 4) is 0 Å². The maximum atomic E-state index is 4.87. The molecule has 0 aromatic carbocycles. The summed E-state index contributed by atoms with van der Waals surface area (Å²) in [6.45, 7) is 9.56. The minimum Gasteiger partial charge on any atom is -0.350 e. The van der Waals surface area contributed by atoms with Crippen molar-refractivity contribution in [1.29, 1.82) is 0 Å². The van der Waals surface area contributed by atoms with Crippen LogP contribution in [-0.2, 0) is 6.54 Å². The molecule has 6 heteroatoms. The number of fused-ring (bicyclic) bond motifs is 1. The molecule has 0 radical (unpaired) electrons. The van der Waals surface area contributed by atoms with Crippen molar-refractivity contribution in [2.75, 3.05) is 38.1 Å². The summed E-state index contributed by atoms with van der Waals surface area (Å²) in [5, 5.41) is 5.55. The Morgan fingerprint density at radius 2 is 2.30 bits per heavy atom. The number of imidazole rings is 1. The SMILES string of the molecule is CCNCc1c(N2CCN(C)CC2C)nc2sccn12. The van der Waals surface area contributed by atoms with Crippen molar-refractivity contribution in [2.24, 2.45) is 0 Å². The van der Waals surface area contributed by atoms with E-state index in [-0.39, 0.29) is 0 Å². The number of thiazole rings is 1. The molecule has 1 unspecified atom stereocenters. The lowest BCUT2D eigenvalue weighted by Crippen LogP contribution is -2.51. The predicted octanol–water partition coefficient (Wildman–Crippen LogP) is 1.65. The fraction of sp³-hybridized carbons (Fsp3) is 0.643. The van der Waals surface area contributed by atoms with Crippen LogP contribution < -0.4 is 10.2 Å². The molecule has 5 nitrogen and oxygen atoms in total. The van der Waals surface area contributed by atoms with E-state index in [4.69, 9.17) is 4.98 Å². The van der Waals surface area contributed by atoms with Crippen molar-refractivity contribution in [3.05, 3.63) is 17.3 Å². The van der Waals surface area contributed by atoms with Crippen LogP contribution in [0.3, 0.4) is 0 Å². The van der Waals surface area contributed by atoms with Gasteiger partial charge in [-0.05, 0) is 20.5 Å². The Morgan fingerprint density at radius 3 is 3.05 bits per heavy atom. The van der Waals surface area contributed by atoms with Gasteiger partial charge in [-0.15, -0.1) is 11.3 Å². The molecule has 2 aromatic heterocycles. The molecule has 2 aromatic rings. The predicted molar refractivity (Wildman–Crippen MR) is 84.8 cm³/mol. The first-order valence-electron chi connectivity index (χ1n) is 7.31. The number of piperazine rings is 1. The number of nitrogens with one attached hydrogen (secondary N) is 1. The molecular weight excluding hydrogens is 270 g/mol. The van der Waals surface area contributed by atoms with Gasteiger partial charge in [-0.3, -0.25) is 4.40 Å². The monoisotopic (exact) mass is 293 g/mol. The number of nitrogens with zero attached hydrogens (tertiary/aromatic N) is 4. The molecule has 1 N–H and O–H groups in total. The van der Waals surface area contributed by atoms with Crippen molar-refractivity contribution in [2.45, 2.75) is 26.4 Å². The summed E-state index contributed by atoms with van der Waals surface area (Å²) in [6, 6.07) is 0.513. The Balaban J connectivity index is 1.95. The molecule has 1 saturated heterocycles. The van der Waals surface area contributed by atoms with Crippen LogP contribution in [0.2, 0.25) is 0 Å². The van der Waals surface area contributed by atoms with E-state index >= 15 is 0 Å². The Morgan fingerprint density at radius 1 is 1.45 bits per heavy atom. The summed E-state index contributed by atoms with van der Waals surface area (Å²) < 4.78 is 2.23. The zero-order valence-corrected chi connectivity index (χ0v) is 13.3. The van der Waals surface area contributed by atoms with E-state index < -0.39 is 0 Å². The Kier molecular flexibility index (Phi) is 3.96. The van der Waals surface area contributed by atoms with E-state index in [0.717, 1.165) is 37.7 Å². The van der Waals surface area contributed by atoms with Crippen molar-refractivity contribution >= 4 is 22.1 Å². The second-order valence-electron chi connectivity index (χ2n) is 5.52. The molecule has 1 aliphatic rings. The highest BCUT2D eigenvalue weighted by molar-refractivity contribution is 7.15. The second-order valence-corrected chi connectivity index (χ2v) is 6.40. The molecule has 0 spiro atoms.